The quantitative estimate of drug-likeness (QED) is 0.542. The first-order chi connectivity index (χ1) is 15.8. The lowest BCUT2D eigenvalue weighted by atomic mass is 9.62. The van der Waals surface area contributed by atoms with Crippen LogP contribution in [0.4, 0.5) is 0 Å². The van der Waals surface area contributed by atoms with Gasteiger partial charge in [-0.3, -0.25) is 9.59 Å². The number of fused-ring (bicyclic) bond motifs is 1. The molecule has 0 aliphatic heterocycles. The Bertz CT molecular complexity index is 897. The van der Waals surface area contributed by atoms with Gasteiger partial charge in [0.15, 0.2) is 6.10 Å². The first-order valence-corrected chi connectivity index (χ1v) is 13.1. The van der Waals surface area contributed by atoms with Crippen molar-refractivity contribution in [3.05, 3.63) is 34.4 Å². The van der Waals surface area contributed by atoms with Gasteiger partial charge in [0.25, 0.3) is 5.91 Å². The summed E-state index contributed by atoms with van der Waals surface area (Å²) in [6.07, 6.45) is 6.02. The fourth-order valence-electron chi connectivity index (χ4n) is 5.89. The van der Waals surface area contributed by atoms with E-state index in [1.807, 2.05) is 4.90 Å². The lowest BCUT2D eigenvalue weighted by molar-refractivity contribution is -0.158. The number of hydrogen-bond donors (Lipinski definition) is 1. The average Bonchev–Trinajstić information content (AvgIpc) is 2.77. The van der Waals surface area contributed by atoms with E-state index in [9.17, 15) is 9.59 Å². The Hall–Kier alpha value is -1.88. The van der Waals surface area contributed by atoms with E-state index in [0.29, 0.717) is 24.9 Å². The van der Waals surface area contributed by atoms with E-state index >= 15 is 0 Å². The summed E-state index contributed by atoms with van der Waals surface area (Å²) in [6, 6.07) is 4.71. The van der Waals surface area contributed by atoms with Crippen LogP contribution in [-0.4, -0.2) is 36.0 Å². The zero-order valence-corrected chi connectivity index (χ0v) is 22.5. The number of nitrogens with two attached hydrogens (primary N) is 1. The van der Waals surface area contributed by atoms with Crippen LogP contribution in [0.1, 0.15) is 102 Å². The van der Waals surface area contributed by atoms with E-state index in [4.69, 9.17) is 10.5 Å². The summed E-state index contributed by atoms with van der Waals surface area (Å²) in [4.78, 5) is 26.9. The highest BCUT2D eigenvalue weighted by molar-refractivity contribution is 5.83. The van der Waals surface area contributed by atoms with Crippen LogP contribution in [0.15, 0.2) is 12.1 Å². The van der Waals surface area contributed by atoms with Crippen molar-refractivity contribution in [2.75, 3.05) is 13.1 Å². The highest BCUT2D eigenvalue weighted by Gasteiger charge is 2.38. The Morgan fingerprint density at radius 3 is 2.09 bits per heavy atom. The van der Waals surface area contributed by atoms with Gasteiger partial charge >= 0.3 is 5.97 Å². The van der Waals surface area contributed by atoms with Gasteiger partial charge in [-0.2, -0.15) is 0 Å². The Balaban J connectivity index is 1.89. The number of amides is 1. The summed E-state index contributed by atoms with van der Waals surface area (Å²) in [7, 11) is 0. The molecule has 5 heteroatoms. The zero-order chi connectivity index (χ0) is 25.3. The van der Waals surface area contributed by atoms with Crippen LogP contribution >= 0.6 is 0 Å². The number of aryl methyl sites for hydroxylation is 1. The molecule has 190 valence electrons. The second-order valence-corrected chi connectivity index (χ2v) is 12.2. The van der Waals surface area contributed by atoms with Crippen molar-refractivity contribution in [1.82, 2.24) is 4.90 Å². The molecule has 2 aliphatic rings. The lowest BCUT2D eigenvalue weighted by Crippen LogP contribution is -2.43. The maximum Gasteiger partial charge on any atom is 0.303 e. The van der Waals surface area contributed by atoms with Gasteiger partial charge in [-0.05, 0) is 104 Å². The van der Waals surface area contributed by atoms with Crippen molar-refractivity contribution < 1.29 is 14.3 Å². The first-order valence-electron chi connectivity index (χ1n) is 13.1. The second kappa shape index (κ2) is 10.4. The first kappa shape index (κ1) is 26.7. The molecule has 0 aromatic heterocycles. The third-order valence-corrected chi connectivity index (χ3v) is 8.45. The number of benzene rings is 1. The molecule has 0 saturated heterocycles. The molecule has 1 aromatic carbocycles. The summed E-state index contributed by atoms with van der Waals surface area (Å²) >= 11 is 0. The zero-order valence-electron chi connectivity index (χ0n) is 22.5. The van der Waals surface area contributed by atoms with E-state index in [1.165, 1.54) is 35.6 Å². The summed E-state index contributed by atoms with van der Waals surface area (Å²) in [5.41, 5.74) is 11.4. The lowest BCUT2D eigenvalue weighted by Gasteiger charge is -2.42. The Labute approximate surface area is 206 Å². The van der Waals surface area contributed by atoms with Crippen LogP contribution in [0.3, 0.4) is 0 Å². The van der Waals surface area contributed by atoms with E-state index in [1.54, 1.807) is 6.92 Å². The largest absolute Gasteiger partial charge is 0.453 e. The number of rotatable bonds is 7. The van der Waals surface area contributed by atoms with Crippen molar-refractivity contribution in [1.29, 1.82) is 0 Å². The maximum atomic E-state index is 13.4. The molecule has 0 bridgehead atoms. The molecule has 2 aliphatic carbocycles. The standard InChI is InChI=1S/C29H46N2O3/c1-19-14-25-26(29(6,7)13-12-28(25,4)5)15-24(19)18-31(27(33)20(2)34-21(3)32)17-23-10-8-22(16-30)9-11-23/h14-15,20,22-23H,8-13,16-18,30H2,1-7H3/t20-,22?,23?/m0/s1. The molecule has 2 N–H and O–H groups in total. The fourth-order valence-corrected chi connectivity index (χ4v) is 5.89. The second-order valence-electron chi connectivity index (χ2n) is 12.2. The van der Waals surface area contributed by atoms with Crippen molar-refractivity contribution in [2.24, 2.45) is 17.6 Å². The highest BCUT2D eigenvalue weighted by Crippen LogP contribution is 2.46. The van der Waals surface area contributed by atoms with Crippen LogP contribution in [0, 0.1) is 18.8 Å². The molecule has 1 atom stereocenters. The van der Waals surface area contributed by atoms with E-state index in [0.717, 1.165) is 38.6 Å². The van der Waals surface area contributed by atoms with Gasteiger partial charge in [-0.1, -0.05) is 39.8 Å². The molecule has 1 amide bonds. The molecule has 1 saturated carbocycles. The SMILES string of the molecule is CC(=O)O[C@@H](C)C(=O)N(Cc1cc2c(cc1C)C(C)(C)CCC2(C)C)CC1CCC(CN)CC1. The minimum absolute atomic E-state index is 0.104. The van der Waals surface area contributed by atoms with Crippen LogP contribution < -0.4 is 5.73 Å². The van der Waals surface area contributed by atoms with Gasteiger partial charge in [0.1, 0.15) is 0 Å². The number of nitrogens with zero attached hydrogens (tertiary/aromatic N) is 1. The predicted molar refractivity (Wildman–Crippen MR) is 138 cm³/mol. The summed E-state index contributed by atoms with van der Waals surface area (Å²) in [6.45, 7) is 16.6. The highest BCUT2D eigenvalue weighted by atomic mass is 16.5. The van der Waals surface area contributed by atoms with E-state index < -0.39 is 12.1 Å². The van der Waals surface area contributed by atoms with Crippen molar-refractivity contribution in [3.63, 3.8) is 0 Å². The number of carbonyl (C=O) groups excluding carboxylic acids is 2. The molecular formula is C29H46N2O3. The van der Waals surface area contributed by atoms with Crippen LogP contribution in [0.2, 0.25) is 0 Å². The van der Waals surface area contributed by atoms with Crippen LogP contribution in [-0.2, 0) is 31.7 Å². The molecule has 0 radical (unpaired) electrons. The van der Waals surface area contributed by atoms with E-state index in [-0.39, 0.29) is 16.7 Å². The Morgan fingerprint density at radius 2 is 1.56 bits per heavy atom. The molecular weight excluding hydrogens is 424 g/mol. The molecule has 1 aromatic rings. The third-order valence-electron chi connectivity index (χ3n) is 8.45. The van der Waals surface area contributed by atoms with Gasteiger partial charge in [0, 0.05) is 20.0 Å². The normalized spacial score (nSPS) is 24.1. The molecule has 1 fully saturated rings. The van der Waals surface area contributed by atoms with Gasteiger partial charge < -0.3 is 15.4 Å². The monoisotopic (exact) mass is 470 g/mol. The smallest absolute Gasteiger partial charge is 0.303 e. The minimum Gasteiger partial charge on any atom is -0.453 e. The van der Waals surface area contributed by atoms with Gasteiger partial charge in [-0.25, -0.2) is 0 Å². The topological polar surface area (TPSA) is 72.6 Å². The molecule has 0 spiro atoms. The molecule has 3 rings (SSSR count). The number of esters is 1. The van der Waals surface area contributed by atoms with Crippen molar-refractivity contribution in [2.45, 2.75) is 110 Å². The minimum atomic E-state index is -0.772. The van der Waals surface area contributed by atoms with Gasteiger partial charge in [-0.15, -0.1) is 0 Å². The molecule has 5 nitrogen and oxygen atoms in total. The number of hydrogen-bond acceptors (Lipinski definition) is 4. The molecule has 0 unspecified atom stereocenters. The van der Waals surface area contributed by atoms with Gasteiger partial charge in [0.05, 0.1) is 0 Å². The fraction of sp³-hybridized carbons (Fsp3) is 0.724. The predicted octanol–water partition coefficient (Wildman–Crippen LogP) is 5.39. The summed E-state index contributed by atoms with van der Waals surface area (Å²) in [5.74, 6) is 0.546. The summed E-state index contributed by atoms with van der Waals surface area (Å²) < 4.78 is 5.29. The van der Waals surface area contributed by atoms with Crippen LogP contribution in [0.25, 0.3) is 0 Å². The third kappa shape index (κ3) is 6.02. The van der Waals surface area contributed by atoms with Crippen molar-refractivity contribution >= 4 is 11.9 Å². The summed E-state index contributed by atoms with van der Waals surface area (Å²) in [5, 5.41) is 0. The van der Waals surface area contributed by atoms with E-state index in [2.05, 4.69) is 46.8 Å². The average molecular weight is 471 g/mol. The Morgan fingerprint density at radius 1 is 1.03 bits per heavy atom. The van der Waals surface area contributed by atoms with Gasteiger partial charge in [0.2, 0.25) is 0 Å². The number of carbonyl (C=O) groups is 2. The molecule has 34 heavy (non-hydrogen) atoms. The van der Waals surface area contributed by atoms with Crippen LogP contribution in [0.5, 0.6) is 0 Å². The number of ether oxygens (including phenoxy) is 1. The molecule has 0 heterocycles. The Kier molecular flexibility index (Phi) is 8.17. The maximum absolute atomic E-state index is 13.4. The van der Waals surface area contributed by atoms with Crippen molar-refractivity contribution in [3.8, 4) is 0 Å².